The summed E-state index contributed by atoms with van der Waals surface area (Å²) < 4.78 is 4.87. The van der Waals surface area contributed by atoms with E-state index < -0.39 is 5.97 Å². The minimum absolute atomic E-state index is 0.0110. The number of hydrogen-bond donors (Lipinski definition) is 1. The molecule has 1 N–H and O–H groups in total. The number of rotatable bonds is 4. The molecule has 3 nitrogen and oxygen atoms in total. The molecule has 0 spiro atoms. The van der Waals surface area contributed by atoms with Gasteiger partial charge in [0.2, 0.25) is 0 Å². The van der Waals surface area contributed by atoms with Crippen molar-refractivity contribution in [3.05, 3.63) is 24.0 Å². The summed E-state index contributed by atoms with van der Waals surface area (Å²) in [5.74, 6) is -1.04. The van der Waals surface area contributed by atoms with Crippen molar-refractivity contribution in [3.8, 4) is 0 Å². The van der Waals surface area contributed by atoms with Crippen molar-refractivity contribution in [2.24, 2.45) is 0 Å². The van der Waals surface area contributed by atoms with Crippen molar-refractivity contribution < 1.29 is 14.6 Å². The highest BCUT2D eigenvalue weighted by Crippen LogP contribution is 1.96. The van der Waals surface area contributed by atoms with Gasteiger partial charge in [0.15, 0.2) is 5.76 Å². The van der Waals surface area contributed by atoms with E-state index in [-0.39, 0.29) is 5.76 Å². The lowest BCUT2D eigenvalue weighted by Crippen LogP contribution is -2.04. The third-order valence-corrected chi connectivity index (χ3v) is 1.04. The molecular formula is C8H12O3. The predicted octanol–water partition coefficient (Wildman–Crippen LogP) is 1.57. The Labute approximate surface area is 66.0 Å². The quantitative estimate of drug-likeness (QED) is 0.381. The second-order valence-corrected chi connectivity index (χ2v) is 1.84. The number of carboxylic acids is 1. The van der Waals surface area contributed by atoms with E-state index in [1.807, 2.05) is 6.92 Å². The van der Waals surface area contributed by atoms with Crippen LogP contribution in [0.1, 0.15) is 13.8 Å². The maximum Gasteiger partial charge on any atom is 0.370 e. The Morgan fingerprint density at radius 1 is 1.55 bits per heavy atom. The topological polar surface area (TPSA) is 46.5 Å². The fraction of sp³-hybridized carbons (Fsp3) is 0.375. The maximum absolute atomic E-state index is 10.3. The number of hydrogen-bond acceptors (Lipinski definition) is 2. The van der Waals surface area contributed by atoms with Crippen LogP contribution >= 0.6 is 0 Å². The summed E-state index contributed by atoms with van der Waals surface area (Å²) in [6.07, 6.45) is 4.97. The second kappa shape index (κ2) is 5.53. The molecular weight excluding hydrogens is 144 g/mol. The summed E-state index contributed by atoms with van der Waals surface area (Å²) in [7, 11) is 0. The first-order chi connectivity index (χ1) is 5.22. The molecule has 0 aromatic carbocycles. The summed E-state index contributed by atoms with van der Waals surface area (Å²) in [5, 5.41) is 8.46. The first kappa shape index (κ1) is 9.75. The number of allylic oxidation sites excluding steroid dienone is 2. The summed E-state index contributed by atoms with van der Waals surface area (Å²) >= 11 is 0. The SMILES string of the molecule is CC=CCOC(=CC)C(=O)O. The van der Waals surface area contributed by atoms with Crippen molar-refractivity contribution in [1.29, 1.82) is 0 Å². The van der Waals surface area contributed by atoms with Crippen molar-refractivity contribution >= 4 is 5.97 Å². The maximum atomic E-state index is 10.3. The van der Waals surface area contributed by atoms with Crippen LogP contribution in [0.25, 0.3) is 0 Å². The molecule has 0 atom stereocenters. The van der Waals surface area contributed by atoms with E-state index in [4.69, 9.17) is 9.84 Å². The van der Waals surface area contributed by atoms with Crippen LogP contribution in [0.15, 0.2) is 24.0 Å². The van der Waals surface area contributed by atoms with Gasteiger partial charge in [-0.1, -0.05) is 12.2 Å². The smallest absolute Gasteiger partial charge is 0.370 e. The zero-order chi connectivity index (χ0) is 8.69. The number of carbonyl (C=O) groups is 1. The zero-order valence-corrected chi connectivity index (χ0v) is 6.70. The standard InChI is InChI=1S/C8H12O3/c1-3-5-6-11-7(4-2)8(9)10/h3-5H,6H2,1-2H3,(H,9,10). The van der Waals surface area contributed by atoms with Crippen molar-refractivity contribution in [2.45, 2.75) is 13.8 Å². The van der Waals surface area contributed by atoms with Crippen LogP contribution in [0.5, 0.6) is 0 Å². The minimum Gasteiger partial charge on any atom is -0.483 e. The Bertz CT molecular complexity index is 180. The Morgan fingerprint density at radius 2 is 2.18 bits per heavy atom. The molecule has 62 valence electrons. The highest BCUT2D eigenvalue weighted by molar-refractivity contribution is 5.84. The Morgan fingerprint density at radius 3 is 2.55 bits per heavy atom. The van der Waals surface area contributed by atoms with Crippen LogP contribution in [-0.4, -0.2) is 17.7 Å². The van der Waals surface area contributed by atoms with Crippen LogP contribution in [0, 0.1) is 0 Å². The van der Waals surface area contributed by atoms with E-state index in [1.165, 1.54) is 6.08 Å². The molecule has 0 aromatic rings. The van der Waals surface area contributed by atoms with E-state index >= 15 is 0 Å². The molecule has 0 radical (unpaired) electrons. The summed E-state index contributed by atoms with van der Waals surface area (Å²) in [6.45, 7) is 3.78. The molecule has 0 rings (SSSR count). The first-order valence-corrected chi connectivity index (χ1v) is 3.36. The number of ether oxygens (including phenoxy) is 1. The van der Waals surface area contributed by atoms with Gasteiger partial charge in [-0.3, -0.25) is 0 Å². The molecule has 3 heteroatoms. The third-order valence-electron chi connectivity index (χ3n) is 1.04. The Hall–Kier alpha value is -1.25. The van der Waals surface area contributed by atoms with Crippen LogP contribution in [0.3, 0.4) is 0 Å². The Balaban J connectivity index is 3.82. The van der Waals surface area contributed by atoms with Crippen LogP contribution in [0.4, 0.5) is 0 Å². The van der Waals surface area contributed by atoms with Crippen LogP contribution in [-0.2, 0) is 9.53 Å². The molecule has 0 unspecified atom stereocenters. The predicted molar refractivity (Wildman–Crippen MR) is 42.2 cm³/mol. The van der Waals surface area contributed by atoms with E-state index in [9.17, 15) is 4.79 Å². The normalized spacial score (nSPS) is 12.0. The largest absolute Gasteiger partial charge is 0.483 e. The fourth-order valence-corrected chi connectivity index (χ4v) is 0.503. The molecule has 0 aliphatic rings. The van der Waals surface area contributed by atoms with Gasteiger partial charge in [-0.25, -0.2) is 4.79 Å². The molecule has 0 heterocycles. The fourth-order valence-electron chi connectivity index (χ4n) is 0.503. The minimum atomic E-state index is -1.03. The van der Waals surface area contributed by atoms with Crippen molar-refractivity contribution in [2.75, 3.05) is 6.61 Å². The molecule has 0 aliphatic heterocycles. The van der Waals surface area contributed by atoms with Gasteiger partial charge in [0.05, 0.1) is 0 Å². The molecule has 0 aromatic heterocycles. The Kier molecular flexibility index (Phi) is 4.90. The molecule has 0 saturated heterocycles. The third kappa shape index (κ3) is 4.19. The lowest BCUT2D eigenvalue weighted by atomic mass is 10.4. The highest BCUT2D eigenvalue weighted by atomic mass is 16.5. The summed E-state index contributed by atoms with van der Waals surface area (Å²) in [6, 6.07) is 0. The van der Waals surface area contributed by atoms with Crippen LogP contribution in [0.2, 0.25) is 0 Å². The van der Waals surface area contributed by atoms with Gasteiger partial charge in [0.25, 0.3) is 0 Å². The van der Waals surface area contributed by atoms with E-state index in [0.29, 0.717) is 6.61 Å². The lowest BCUT2D eigenvalue weighted by molar-refractivity contribution is -0.136. The van der Waals surface area contributed by atoms with Gasteiger partial charge in [-0.15, -0.1) is 0 Å². The lowest BCUT2D eigenvalue weighted by Gasteiger charge is -2.01. The summed E-state index contributed by atoms with van der Waals surface area (Å²) in [5.41, 5.74) is 0. The highest BCUT2D eigenvalue weighted by Gasteiger charge is 2.04. The molecule has 0 amide bonds. The van der Waals surface area contributed by atoms with Gasteiger partial charge < -0.3 is 9.84 Å². The van der Waals surface area contributed by atoms with Crippen molar-refractivity contribution in [1.82, 2.24) is 0 Å². The molecule has 0 aliphatic carbocycles. The van der Waals surface area contributed by atoms with Gasteiger partial charge in [-0.2, -0.15) is 0 Å². The monoisotopic (exact) mass is 156 g/mol. The van der Waals surface area contributed by atoms with Crippen LogP contribution < -0.4 is 0 Å². The average molecular weight is 156 g/mol. The average Bonchev–Trinajstić information content (AvgIpc) is 1.97. The molecule has 0 fully saturated rings. The first-order valence-electron chi connectivity index (χ1n) is 3.36. The molecule has 11 heavy (non-hydrogen) atoms. The summed E-state index contributed by atoms with van der Waals surface area (Å²) in [4.78, 5) is 10.3. The second-order valence-electron chi connectivity index (χ2n) is 1.84. The molecule has 0 bridgehead atoms. The van der Waals surface area contributed by atoms with E-state index in [0.717, 1.165) is 0 Å². The van der Waals surface area contributed by atoms with Gasteiger partial charge in [-0.05, 0) is 19.9 Å². The van der Waals surface area contributed by atoms with Gasteiger partial charge in [0, 0.05) is 0 Å². The number of carboxylic acid groups (broad SMARTS) is 1. The molecule has 0 saturated carbocycles. The van der Waals surface area contributed by atoms with E-state index in [1.54, 1.807) is 19.1 Å². The number of aliphatic carboxylic acids is 1. The van der Waals surface area contributed by atoms with Gasteiger partial charge in [0.1, 0.15) is 6.61 Å². The van der Waals surface area contributed by atoms with Gasteiger partial charge >= 0.3 is 5.97 Å². The zero-order valence-electron chi connectivity index (χ0n) is 6.70. The van der Waals surface area contributed by atoms with E-state index in [2.05, 4.69) is 0 Å². The van der Waals surface area contributed by atoms with Crippen molar-refractivity contribution in [3.63, 3.8) is 0 Å².